The molecular weight excluding hydrogens is 241 g/mol. The summed E-state index contributed by atoms with van der Waals surface area (Å²) in [7, 11) is 0. The van der Waals surface area contributed by atoms with Gasteiger partial charge in [-0.3, -0.25) is 0 Å². The number of fused-ring (bicyclic) bond motifs is 1. The lowest BCUT2D eigenvalue weighted by atomic mass is 9.93. The van der Waals surface area contributed by atoms with E-state index in [1.54, 1.807) is 0 Å². The van der Waals surface area contributed by atoms with Crippen LogP contribution in [0.25, 0.3) is 11.0 Å². The van der Waals surface area contributed by atoms with E-state index in [1.807, 2.05) is 6.07 Å². The third kappa shape index (κ3) is 1.94. The molecule has 3 nitrogen and oxygen atoms in total. The number of hydrogen-bond acceptors (Lipinski definition) is 2. The number of halogens is 1. The topological polar surface area (TPSA) is 43.8 Å². The SMILES string of the molecule is CCC(N)(CC)c1nc2cc(F)ccc2n1C1CC1. The molecule has 0 bridgehead atoms. The first kappa shape index (κ1) is 12.6. The predicted molar refractivity (Wildman–Crippen MR) is 74.4 cm³/mol. The molecule has 3 rings (SSSR count). The summed E-state index contributed by atoms with van der Waals surface area (Å²) in [5, 5.41) is 0. The molecule has 4 heteroatoms. The zero-order chi connectivity index (χ0) is 13.6. The Labute approximate surface area is 112 Å². The number of rotatable bonds is 4. The van der Waals surface area contributed by atoms with E-state index in [0.717, 1.165) is 29.7 Å². The van der Waals surface area contributed by atoms with Crippen LogP contribution in [0.3, 0.4) is 0 Å². The number of benzene rings is 1. The van der Waals surface area contributed by atoms with Crippen LogP contribution in [-0.4, -0.2) is 9.55 Å². The van der Waals surface area contributed by atoms with Crippen molar-refractivity contribution < 1.29 is 4.39 Å². The van der Waals surface area contributed by atoms with Crippen molar-refractivity contribution in [1.29, 1.82) is 0 Å². The standard InChI is InChI=1S/C15H20FN3/c1-3-15(17,4-2)14-18-12-9-10(16)5-8-13(12)19(14)11-6-7-11/h5,8-9,11H,3-4,6-7,17H2,1-2H3. The minimum atomic E-state index is -0.419. The molecule has 2 aromatic rings. The first-order valence-corrected chi connectivity index (χ1v) is 7.06. The maximum atomic E-state index is 13.4. The number of nitrogens with zero attached hydrogens (tertiary/aromatic N) is 2. The summed E-state index contributed by atoms with van der Waals surface area (Å²) in [5.41, 5.74) is 7.82. The highest BCUT2D eigenvalue weighted by molar-refractivity contribution is 5.76. The predicted octanol–water partition coefficient (Wildman–Crippen LogP) is 3.48. The van der Waals surface area contributed by atoms with Crippen molar-refractivity contribution in [3.05, 3.63) is 29.8 Å². The summed E-state index contributed by atoms with van der Waals surface area (Å²) >= 11 is 0. The average Bonchev–Trinajstić information content (AvgIpc) is 3.18. The Balaban J connectivity index is 2.25. The third-order valence-electron chi connectivity index (χ3n) is 4.27. The number of nitrogens with two attached hydrogens (primary N) is 1. The fourth-order valence-electron chi connectivity index (χ4n) is 2.69. The quantitative estimate of drug-likeness (QED) is 0.915. The molecule has 0 unspecified atom stereocenters. The molecule has 1 aromatic carbocycles. The fourth-order valence-corrected chi connectivity index (χ4v) is 2.69. The van der Waals surface area contributed by atoms with Gasteiger partial charge in [-0.05, 0) is 37.8 Å². The summed E-state index contributed by atoms with van der Waals surface area (Å²) in [6, 6.07) is 5.32. The second-order valence-corrected chi connectivity index (χ2v) is 5.53. The van der Waals surface area contributed by atoms with Crippen LogP contribution in [0.5, 0.6) is 0 Å². The highest BCUT2D eigenvalue weighted by atomic mass is 19.1. The Morgan fingerprint density at radius 2 is 2.05 bits per heavy atom. The Kier molecular flexibility index (Phi) is 2.86. The van der Waals surface area contributed by atoms with Crippen molar-refractivity contribution in [1.82, 2.24) is 9.55 Å². The third-order valence-corrected chi connectivity index (χ3v) is 4.27. The molecule has 1 fully saturated rings. The molecule has 1 saturated carbocycles. The van der Waals surface area contributed by atoms with Gasteiger partial charge in [0.25, 0.3) is 0 Å². The van der Waals surface area contributed by atoms with Crippen LogP contribution in [0.15, 0.2) is 18.2 Å². The summed E-state index contributed by atoms with van der Waals surface area (Å²) in [5.74, 6) is 0.677. The molecule has 1 heterocycles. The molecule has 0 spiro atoms. The highest BCUT2D eigenvalue weighted by Gasteiger charge is 2.35. The molecule has 19 heavy (non-hydrogen) atoms. The monoisotopic (exact) mass is 261 g/mol. The van der Waals surface area contributed by atoms with Gasteiger partial charge in [-0.15, -0.1) is 0 Å². The van der Waals surface area contributed by atoms with E-state index in [0.29, 0.717) is 6.04 Å². The molecule has 1 aliphatic carbocycles. The lowest BCUT2D eigenvalue weighted by molar-refractivity contribution is 0.371. The van der Waals surface area contributed by atoms with E-state index < -0.39 is 5.54 Å². The van der Waals surface area contributed by atoms with Gasteiger partial charge in [0.15, 0.2) is 0 Å². The summed E-state index contributed by atoms with van der Waals surface area (Å²) in [6.45, 7) is 4.17. The lowest BCUT2D eigenvalue weighted by Gasteiger charge is -2.27. The van der Waals surface area contributed by atoms with Gasteiger partial charge in [0.1, 0.15) is 11.6 Å². The largest absolute Gasteiger partial charge is 0.323 e. The smallest absolute Gasteiger partial charge is 0.130 e. The van der Waals surface area contributed by atoms with Crippen molar-refractivity contribution >= 4 is 11.0 Å². The first-order valence-electron chi connectivity index (χ1n) is 7.06. The average molecular weight is 261 g/mol. The Morgan fingerprint density at radius 1 is 1.37 bits per heavy atom. The maximum absolute atomic E-state index is 13.4. The summed E-state index contributed by atoms with van der Waals surface area (Å²) in [4.78, 5) is 4.65. The molecule has 0 aliphatic heterocycles. The molecule has 0 amide bonds. The zero-order valence-corrected chi connectivity index (χ0v) is 11.5. The van der Waals surface area contributed by atoms with Crippen molar-refractivity contribution in [2.45, 2.75) is 51.1 Å². The van der Waals surface area contributed by atoms with Crippen LogP contribution >= 0.6 is 0 Å². The van der Waals surface area contributed by atoms with Gasteiger partial charge in [-0.2, -0.15) is 0 Å². The van der Waals surface area contributed by atoms with Crippen LogP contribution in [0.1, 0.15) is 51.4 Å². The van der Waals surface area contributed by atoms with Gasteiger partial charge in [-0.25, -0.2) is 9.37 Å². The van der Waals surface area contributed by atoms with Gasteiger partial charge in [0.05, 0.1) is 16.6 Å². The fraction of sp³-hybridized carbons (Fsp3) is 0.533. The minimum Gasteiger partial charge on any atom is -0.323 e. The summed E-state index contributed by atoms with van der Waals surface area (Å²) < 4.78 is 15.6. The van der Waals surface area contributed by atoms with E-state index in [2.05, 4.69) is 23.4 Å². The molecule has 1 aromatic heterocycles. The van der Waals surface area contributed by atoms with Crippen molar-refractivity contribution in [3.8, 4) is 0 Å². The van der Waals surface area contributed by atoms with Gasteiger partial charge in [-0.1, -0.05) is 13.8 Å². The molecule has 0 atom stereocenters. The van der Waals surface area contributed by atoms with Gasteiger partial charge in [0, 0.05) is 12.1 Å². The van der Waals surface area contributed by atoms with Crippen molar-refractivity contribution in [2.24, 2.45) is 5.73 Å². The molecule has 2 N–H and O–H groups in total. The molecular formula is C15H20FN3. The van der Waals surface area contributed by atoms with Crippen molar-refractivity contribution in [3.63, 3.8) is 0 Å². The van der Waals surface area contributed by atoms with E-state index >= 15 is 0 Å². The molecule has 102 valence electrons. The van der Waals surface area contributed by atoms with E-state index in [-0.39, 0.29) is 5.82 Å². The molecule has 0 radical (unpaired) electrons. The Morgan fingerprint density at radius 3 is 2.63 bits per heavy atom. The van der Waals surface area contributed by atoms with Crippen LogP contribution in [0.4, 0.5) is 4.39 Å². The van der Waals surface area contributed by atoms with Crippen LogP contribution < -0.4 is 5.73 Å². The normalized spacial score (nSPS) is 16.2. The number of hydrogen-bond donors (Lipinski definition) is 1. The van der Waals surface area contributed by atoms with Crippen LogP contribution in [-0.2, 0) is 5.54 Å². The van der Waals surface area contributed by atoms with Gasteiger partial charge < -0.3 is 10.3 Å². The van der Waals surface area contributed by atoms with Crippen molar-refractivity contribution in [2.75, 3.05) is 0 Å². The van der Waals surface area contributed by atoms with Crippen LogP contribution in [0.2, 0.25) is 0 Å². The lowest BCUT2D eigenvalue weighted by Crippen LogP contribution is -2.38. The minimum absolute atomic E-state index is 0.241. The van der Waals surface area contributed by atoms with Gasteiger partial charge in [0.2, 0.25) is 0 Å². The molecule has 1 aliphatic rings. The first-order chi connectivity index (χ1) is 9.09. The highest BCUT2D eigenvalue weighted by Crippen LogP contribution is 2.41. The Bertz CT molecular complexity index is 609. The number of aromatic nitrogens is 2. The maximum Gasteiger partial charge on any atom is 0.130 e. The summed E-state index contributed by atoms with van der Waals surface area (Å²) in [6.07, 6.45) is 4.00. The second kappa shape index (κ2) is 4.30. The number of imidazole rings is 1. The van der Waals surface area contributed by atoms with E-state index in [9.17, 15) is 4.39 Å². The van der Waals surface area contributed by atoms with E-state index in [4.69, 9.17) is 5.73 Å². The molecule has 0 saturated heterocycles. The zero-order valence-electron chi connectivity index (χ0n) is 11.5. The van der Waals surface area contributed by atoms with Gasteiger partial charge >= 0.3 is 0 Å². The van der Waals surface area contributed by atoms with Crippen LogP contribution in [0, 0.1) is 5.82 Å². The van der Waals surface area contributed by atoms with E-state index in [1.165, 1.54) is 25.0 Å². The Hall–Kier alpha value is -1.42. The second-order valence-electron chi connectivity index (χ2n) is 5.53.